The molecule has 0 bridgehead atoms. The fraction of sp³-hybridized carbons (Fsp3) is 0.500. The topological polar surface area (TPSA) is 61.4 Å². The normalized spacial score (nSPS) is 28.8. The summed E-state index contributed by atoms with van der Waals surface area (Å²) in [5, 5.41) is 6.22. The number of nitrogens with zero attached hydrogens (tertiary/aromatic N) is 1. The van der Waals surface area contributed by atoms with Gasteiger partial charge in [-0.1, -0.05) is 18.2 Å². The van der Waals surface area contributed by atoms with Crippen molar-refractivity contribution in [1.82, 2.24) is 10.2 Å². The molecule has 2 N–H and O–H groups in total. The lowest BCUT2D eigenvalue weighted by atomic mass is 9.88. The van der Waals surface area contributed by atoms with Crippen molar-refractivity contribution in [2.75, 3.05) is 18.4 Å². The number of amides is 2. The molecule has 1 saturated heterocycles. The molecule has 2 aliphatic heterocycles. The number of carbonyl (C=O) groups excluding carboxylic acids is 2. The molecule has 3 atom stereocenters. The van der Waals surface area contributed by atoms with Crippen LogP contribution in [0.25, 0.3) is 0 Å². The lowest BCUT2D eigenvalue weighted by molar-refractivity contribution is -0.138. The number of anilines is 1. The maximum atomic E-state index is 12.9. The molecule has 5 heteroatoms. The van der Waals surface area contributed by atoms with Crippen LogP contribution in [0.2, 0.25) is 0 Å². The Bertz CT molecular complexity index is 572. The second-order valence-corrected chi connectivity index (χ2v) is 5.91. The molecule has 0 saturated carbocycles. The van der Waals surface area contributed by atoms with Crippen LogP contribution < -0.4 is 10.6 Å². The highest BCUT2D eigenvalue weighted by atomic mass is 16.2. The summed E-state index contributed by atoms with van der Waals surface area (Å²) in [6.07, 6.45) is 0.237. The minimum atomic E-state index is -0.359. The number of rotatable bonds is 1. The summed E-state index contributed by atoms with van der Waals surface area (Å²) in [5.41, 5.74) is 1.70. The molecule has 2 amide bonds. The van der Waals surface area contributed by atoms with Gasteiger partial charge in [-0.25, -0.2) is 0 Å². The largest absolute Gasteiger partial charge is 0.337 e. The second-order valence-electron chi connectivity index (χ2n) is 5.91. The number of hydrogen-bond acceptors (Lipinski definition) is 3. The Balaban J connectivity index is 1.89. The van der Waals surface area contributed by atoms with Gasteiger partial charge >= 0.3 is 0 Å². The predicted octanol–water partition coefficient (Wildman–Crippen LogP) is 1.32. The molecule has 2 heterocycles. The molecule has 3 rings (SSSR count). The summed E-state index contributed by atoms with van der Waals surface area (Å²) >= 11 is 0. The molecule has 2 aliphatic rings. The highest BCUT2D eigenvalue weighted by Crippen LogP contribution is 2.34. The van der Waals surface area contributed by atoms with Crippen LogP contribution >= 0.6 is 0 Å². The molecule has 5 nitrogen and oxygen atoms in total. The lowest BCUT2D eigenvalue weighted by Crippen LogP contribution is -2.58. The third-order valence-electron chi connectivity index (χ3n) is 4.62. The summed E-state index contributed by atoms with van der Waals surface area (Å²) < 4.78 is 0. The molecular formula is C16H21N3O2. The number of piperazine rings is 1. The minimum absolute atomic E-state index is 0.0677. The quantitative estimate of drug-likeness (QED) is 0.819. The third kappa shape index (κ3) is 2.53. The van der Waals surface area contributed by atoms with Crippen LogP contribution in [0.4, 0.5) is 5.69 Å². The van der Waals surface area contributed by atoms with Crippen molar-refractivity contribution in [2.45, 2.75) is 38.3 Å². The molecule has 3 unspecified atom stereocenters. The van der Waals surface area contributed by atoms with Crippen LogP contribution in [0.5, 0.6) is 0 Å². The van der Waals surface area contributed by atoms with Gasteiger partial charge in [0.05, 0.1) is 5.92 Å². The van der Waals surface area contributed by atoms with Crippen LogP contribution in [-0.4, -0.2) is 41.9 Å². The van der Waals surface area contributed by atoms with Crippen molar-refractivity contribution in [3.63, 3.8) is 0 Å². The number of para-hydroxylation sites is 1. The molecule has 21 heavy (non-hydrogen) atoms. The van der Waals surface area contributed by atoms with E-state index in [4.69, 9.17) is 0 Å². The van der Waals surface area contributed by atoms with Gasteiger partial charge in [0.2, 0.25) is 11.8 Å². The van der Waals surface area contributed by atoms with Gasteiger partial charge in [0, 0.05) is 37.3 Å². The lowest BCUT2D eigenvalue weighted by Gasteiger charge is -2.41. The number of carbonyl (C=O) groups is 2. The maximum absolute atomic E-state index is 12.9. The average Bonchev–Trinajstić information content (AvgIpc) is 2.48. The molecule has 0 spiro atoms. The van der Waals surface area contributed by atoms with E-state index in [1.165, 1.54) is 0 Å². The maximum Gasteiger partial charge on any atom is 0.231 e. The van der Waals surface area contributed by atoms with E-state index >= 15 is 0 Å². The first kappa shape index (κ1) is 14.1. The van der Waals surface area contributed by atoms with E-state index in [-0.39, 0.29) is 36.2 Å². The first-order valence-corrected chi connectivity index (χ1v) is 7.50. The summed E-state index contributed by atoms with van der Waals surface area (Å²) in [5.74, 6) is -0.372. The third-order valence-corrected chi connectivity index (χ3v) is 4.62. The van der Waals surface area contributed by atoms with E-state index in [9.17, 15) is 9.59 Å². The molecule has 0 aromatic heterocycles. The van der Waals surface area contributed by atoms with Gasteiger partial charge in [-0.2, -0.15) is 0 Å². The van der Waals surface area contributed by atoms with Gasteiger partial charge in [-0.15, -0.1) is 0 Å². The SMILES string of the molecule is CC1NCCN(C(=O)C2CC(=O)Nc3ccccc32)C1C. The van der Waals surface area contributed by atoms with E-state index in [1.54, 1.807) is 0 Å². The van der Waals surface area contributed by atoms with Crippen molar-refractivity contribution >= 4 is 17.5 Å². The van der Waals surface area contributed by atoms with Gasteiger partial charge in [-0.3, -0.25) is 9.59 Å². The number of hydrogen-bond donors (Lipinski definition) is 2. The molecular weight excluding hydrogens is 266 g/mol. The van der Waals surface area contributed by atoms with Crippen molar-refractivity contribution in [1.29, 1.82) is 0 Å². The van der Waals surface area contributed by atoms with E-state index in [0.717, 1.165) is 17.8 Å². The zero-order valence-electron chi connectivity index (χ0n) is 12.4. The highest BCUT2D eigenvalue weighted by molar-refractivity contribution is 6.01. The predicted molar refractivity (Wildman–Crippen MR) is 81.1 cm³/mol. The Labute approximate surface area is 124 Å². The van der Waals surface area contributed by atoms with Crippen molar-refractivity contribution in [2.24, 2.45) is 0 Å². The van der Waals surface area contributed by atoms with Gasteiger partial charge in [0.25, 0.3) is 0 Å². The molecule has 1 fully saturated rings. The van der Waals surface area contributed by atoms with E-state index in [0.29, 0.717) is 6.54 Å². The van der Waals surface area contributed by atoms with Crippen LogP contribution in [0.15, 0.2) is 24.3 Å². The number of nitrogens with one attached hydrogen (secondary N) is 2. The van der Waals surface area contributed by atoms with Gasteiger partial charge in [-0.05, 0) is 25.5 Å². The Kier molecular flexibility index (Phi) is 3.68. The van der Waals surface area contributed by atoms with Crippen LogP contribution in [-0.2, 0) is 9.59 Å². The summed E-state index contributed by atoms with van der Waals surface area (Å²) in [4.78, 5) is 26.7. The van der Waals surface area contributed by atoms with Crippen LogP contribution in [0, 0.1) is 0 Å². The second kappa shape index (κ2) is 5.48. The molecule has 0 radical (unpaired) electrons. The van der Waals surface area contributed by atoms with Gasteiger partial charge < -0.3 is 15.5 Å². The van der Waals surface area contributed by atoms with Gasteiger partial charge in [0.1, 0.15) is 0 Å². The Hall–Kier alpha value is -1.88. The van der Waals surface area contributed by atoms with E-state index < -0.39 is 0 Å². The minimum Gasteiger partial charge on any atom is -0.337 e. The molecule has 112 valence electrons. The van der Waals surface area contributed by atoms with Crippen LogP contribution in [0.3, 0.4) is 0 Å². The Morgan fingerprint density at radius 1 is 1.29 bits per heavy atom. The summed E-state index contributed by atoms with van der Waals surface area (Å²) in [6.45, 7) is 5.65. The van der Waals surface area contributed by atoms with Crippen molar-refractivity contribution in [3.8, 4) is 0 Å². The fourth-order valence-electron chi connectivity index (χ4n) is 3.20. The zero-order chi connectivity index (χ0) is 15.0. The van der Waals surface area contributed by atoms with E-state index in [1.807, 2.05) is 29.2 Å². The monoisotopic (exact) mass is 287 g/mol. The average molecular weight is 287 g/mol. The standard InChI is InChI=1S/C16H21N3O2/c1-10-11(2)19(8-7-17-10)16(21)13-9-15(20)18-14-6-4-3-5-12(13)14/h3-6,10-11,13,17H,7-9H2,1-2H3,(H,18,20). The molecule has 0 aliphatic carbocycles. The first-order valence-electron chi connectivity index (χ1n) is 7.50. The van der Waals surface area contributed by atoms with Gasteiger partial charge in [0.15, 0.2) is 0 Å². The highest BCUT2D eigenvalue weighted by Gasteiger charge is 2.37. The number of benzene rings is 1. The van der Waals surface area contributed by atoms with Crippen LogP contribution in [0.1, 0.15) is 31.7 Å². The van der Waals surface area contributed by atoms with Crippen molar-refractivity contribution in [3.05, 3.63) is 29.8 Å². The Morgan fingerprint density at radius 2 is 2.05 bits per heavy atom. The summed E-state index contributed by atoms with van der Waals surface area (Å²) in [6, 6.07) is 8.00. The number of fused-ring (bicyclic) bond motifs is 1. The first-order chi connectivity index (χ1) is 10.1. The zero-order valence-corrected chi connectivity index (χ0v) is 12.4. The van der Waals surface area contributed by atoms with E-state index in [2.05, 4.69) is 24.5 Å². The fourth-order valence-corrected chi connectivity index (χ4v) is 3.20. The molecule has 1 aromatic carbocycles. The molecule has 1 aromatic rings. The van der Waals surface area contributed by atoms with Crippen molar-refractivity contribution < 1.29 is 9.59 Å². The Morgan fingerprint density at radius 3 is 2.86 bits per heavy atom. The smallest absolute Gasteiger partial charge is 0.231 e. The summed E-state index contributed by atoms with van der Waals surface area (Å²) in [7, 11) is 0.